The van der Waals surface area contributed by atoms with Crippen molar-refractivity contribution in [2.24, 2.45) is 0 Å². The highest BCUT2D eigenvalue weighted by atomic mass is 16.5. The predicted octanol–water partition coefficient (Wildman–Crippen LogP) is 3.88. The average Bonchev–Trinajstić information content (AvgIpc) is 2.33. The summed E-state index contributed by atoms with van der Waals surface area (Å²) in [5.41, 5.74) is 0.290. The molecule has 1 fully saturated rings. The van der Waals surface area contributed by atoms with Gasteiger partial charge in [-0.15, -0.1) is 0 Å². The molecule has 18 heavy (non-hydrogen) atoms. The number of carboxylic acids is 1. The zero-order chi connectivity index (χ0) is 12.8. The Bertz CT molecular complexity index is 392. The van der Waals surface area contributed by atoms with Gasteiger partial charge in [-0.25, -0.2) is 4.79 Å². The van der Waals surface area contributed by atoms with Crippen LogP contribution in [0.15, 0.2) is 24.3 Å². The number of aromatic carboxylic acids is 1. The van der Waals surface area contributed by atoms with E-state index in [0.29, 0.717) is 11.3 Å². The molecule has 0 spiro atoms. The molecule has 0 radical (unpaired) electrons. The van der Waals surface area contributed by atoms with E-state index in [1.807, 2.05) is 6.07 Å². The Morgan fingerprint density at radius 3 is 2.44 bits per heavy atom. The van der Waals surface area contributed by atoms with Gasteiger partial charge in [0.05, 0.1) is 11.7 Å². The molecule has 0 saturated heterocycles. The molecule has 98 valence electrons. The van der Waals surface area contributed by atoms with Crippen LogP contribution in [0.2, 0.25) is 0 Å². The van der Waals surface area contributed by atoms with Crippen LogP contribution in [0, 0.1) is 0 Å². The van der Waals surface area contributed by atoms with Gasteiger partial charge in [-0.05, 0) is 43.9 Å². The highest BCUT2D eigenvalue weighted by Gasteiger charge is 2.13. The number of rotatable bonds is 3. The van der Waals surface area contributed by atoms with E-state index in [2.05, 4.69) is 0 Å². The van der Waals surface area contributed by atoms with E-state index >= 15 is 0 Å². The Kier molecular flexibility index (Phi) is 4.62. The molecule has 0 aliphatic heterocycles. The molecule has 1 aliphatic carbocycles. The van der Waals surface area contributed by atoms with E-state index in [4.69, 9.17) is 9.84 Å². The van der Waals surface area contributed by atoms with Gasteiger partial charge in [0.25, 0.3) is 0 Å². The van der Waals surface area contributed by atoms with Crippen molar-refractivity contribution in [2.45, 2.75) is 51.0 Å². The van der Waals surface area contributed by atoms with E-state index in [1.165, 1.54) is 32.1 Å². The molecule has 3 nitrogen and oxygen atoms in total. The predicted molar refractivity (Wildman–Crippen MR) is 70.1 cm³/mol. The Balaban J connectivity index is 1.98. The Labute approximate surface area is 108 Å². The molecular weight excluding hydrogens is 228 g/mol. The normalized spacial score (nSPS) is 17.8. The molecule has 3 heteroatoms. The highest BCUT2D eigenvalue weighted by Crippen LogP contribution is 2.23. The zero-order valence-electron chi connectivity index (χ0n) is 10.6. The summed E-state index contributed by atoms with van der Waals surface area (Å²) in [5.74, 6) is -0.224. The van der Waals surface area contributed by atoms with E-state index in [-0.39, 0.29) is 6.10 Å². The zero-order valence-corrected chi connectivity index (χ0v) is 10.6. The summed E-state index contributed by atoms with van der Waals surface area (Å²) < 4.78 is 5.92. The van der Waals surface area contributed by atoms with Gasteiger partial charge < -0.3 is 9.84 Å². The van der Waals surface area contributed by atoms with Crippen molar-refractivity contribution < 1.29 is 14.6 Å². The van der Waals surface area contributed by atoms with Crippen LogP contribution in [0.4, 0.5) is 0 Å². The first-order valence-electron chi connectivity index (χ1n) is 6.76. The van der Waals surface area contributed by atoms with Crippen LogP contribution in [0.3, 0.4) is 0 Å². The maximum absolute atomic E-state index is 10.9. The largest absolute Gasteiger partial charge is 0.490 e. The molecule has 1 aromatic rings. The third-order valence-electron chi connectivity index (χ3n) is 3.44. The number of carboxylic acid groups (broad SMARTS) is 1. The van der Waals surface area contributed by atoms with Gasteiger partial charge in [-0.3, -0.25) is 0 Å². The summed E-state index contributed by atoms with van der Waals surface area (Å²) in [5, 5.41) is 8.94. The van der Waals surface area contributed by atoms with Gasteiger partial charge in [-0.1, -0.05) is 25.3 Å². The van der Waals surface area contributed by atoms with Crippen LogP contribution in [0.1, 0.15) is 55.3 Å². The van der Waals surface area contributed by atoms with Gasteiger partial charge in [0.2, 0.25) is 0 Å². The summed E-state index contributed by atoms with van der Waals surface area (Å²) >= 11 is 0. The van der Waals surface area contributed by atoms with Crippen LogP contribution in [-0.4, -0.2) is 17.2 Å². The van der Waals surface area contributed by atoms with Gasteiger partial charge >= 0.3 is 5.97 Å². The first-order valence-corrected chi connectivity index (χ1v) is 6.76. The summed E-state index contributed by atoms with van der Waals surface area (Å²) in [6.45, 7) is 0. The van der Waals surface area contributed by atoms with Crippen molar-refractivity contribution in [3.05, 3.63) is 29.8 Å². The maximum Gasteiger partial charge on any atom is 0.335 e. The fourth-order valence-corrected chi connectivity index (χ4v) is 2.43. The molecular formula is C15H20O3. The lowest BCUT2D eigenvalue weighted by molar-refractivity contribution is 0.0695. The van der Waals surface area contributed by atoms with Crippen molar-refractivity contribution in [2.75, 3.05) is 0 Å². The highest BCUT2D eigenvalue weighted by molar-refractivity contribution is 5.87. The molecule has 0 bridgehead atoms. The van der Waals surface area contributed by atoms with Crippen LogP contribution >= 0.6 is 0 Å². The number of hydrogen-bond donors (Lipinski definition) is 1. The van der Waals surface area contributed by atoms with Crippen LogP contribution in [0.5, 0.6) is 5.75 Å². The molecule has 0 aromatic heterocycles. The summed E-state index contributed by atoms with van der Waals surface area (Å²) in [6, 6.07) is 6.78. The second-order valence-electron chi connectivity index (χ2n) is 4.92. The number of carbonyl (C=O) groups is 1. The van der Waals surface area contributed by atoms with E-state index in [1.54, 1.807) is 18.2 Å². The van der Waals surface area contributed by atoms with Crippen molar-refractivity contribution in [1.29, 1.82) is 0 Å². The number of ether oxygens (including phenoxy) is 1. The Morgan fingerprint density at radius 1 is 1.11 bits per heavy atom. The third-order valence-corrected chi connectivity index (χ3v) is 3.44. The quantitative estimate of drug-likeness (QED) is 0.883. The van der Waals surface area contributed by atoms with Crippen molar-refractivity contribution >= 4 is 5.97 Å². The molecule has 1 aliphatic rings. The molecule has 0 heterocycles. The standard InChI is InChI=1S/C15H20O3/c16-15(17)12-7-6-10-14(11-12)18-13-8-4-2-1-3-5-9-13/h6-7,10-11,13H,1-5,8-9H2,(H,16,17). The Morgan fingerprint density at radius 2 is 1.78 bits per heavy atom. The fraction of sp³-hybridized carbons (Fsp3) is 0.533. The summed E-state index contributed by atoms with van der Waals surface area (Å²) in [4.78, 5) is 10.9. The van der Waals surface area contributed by atoms with Gasteiger partial charge in [0.15, 0.2) is 0 Å². The lowest BCUT2D eigenvalue weighted by Gasteiger charge is -2.21. The van der Waals surface area contributed by atoms with Gasteiger partial charge in [-0.2, -0.15) is 0 Å². The molecule has 1 N–H and O–H groups in total. The number of hydrogen-bond acceptors (Lipinski definition) is 2. The molecule has 2 rings (SSSR count). The Hall–Kier alpha value is -1.51. The van der Waals surface area contributed by atoms with E-state index in [0.717, 1.165) is 12.8 Å². The van der Waals surface area contributed by atoms with Crippen LogP contribution < -0.4 is 4.74 Å². The van der Waals surface area contributed by atoms with Crippen LogP contribution in [0.25, 0.3) is 0 Å². The lowest BCUT2D eigenvalue weighted by Crippen LogP contribution is -2.18. The van der Waals surface area contributed by atoms with Crippen LogP contribution in [-0.2, 0) is 0 Å². The lowest BCUT2D eigenvalue weighted by atomic mass is 9.98. The van der Waals surface area contributed by atoms with Crippen molar-refractivity contribution in [1.82, 2.24) is 0 Å². The molecule has 1 aromatic carbocycles. The molecule has 1 saturated carbocycles. The topological polar surface area (TPSA) is 46.5 Å². The monoisotopic (exact) mass is 248 g/mol. The second-order valence-corrected chi connectivity index (χ2v) is 4.92. The molecule has 0 amide bonds. The molecule has 0 unspecified atom stereocenters. The first-order chi connectivity index (χ1) is 8.75. The van der Waals surface area contributed by atoms with Crippen molar-refractivity contribution in [3.8, 4) is 5.75 Å². The SMILES string of the molecule is O=C(O)c1cccc(OC2CCCCCCC2)c1. The average molecular weight is 248 g/mol. The van der Waals surface area contributed by atoms with E-state index < -0.39 is 5.97 Å². The second kappa shape index (κ2) is 6.43. The number of benzene rings is 1. The fourth-order valence-electron chi connectivity index (χ4n) is 2.43. The third kappa shape index (κ3) is 3.76. The smallest absolute Gasteiger partial charge is 0.335 e. The van der Waals surface area contributed by atoms with E-state index in [9.17, 15) is 4.79 Å². The van der Waals surface area contributed by atoms with Gasteiger partial charge in [0, 0.05) is 0 Å². The maximum atomic E-state index is 10.9. The summed E-state index contributed by atoms with van der Waals surface area (Å²) in [7, 11) is 0. The first kappa shape index (κ1) is 12.9. The van der Waals surface area contributed by atoms with Crippen molar-refractivity contribution in [3.63, 3.8) is 0 Å². The minimum atomic E-state index is -0.905. The summed E-state index contributed by atoms with van der Waals surface area (Å²) in [6.07, 6.45) is 8.74. The van der Waals surface area contributed by atoms with Gasteiger partial charge in [0.1, 0.15) is 5.75 Å². The minimum absolute atomic E-state index is 0.245. The molecule has 0 atom stereocenters. The minimum Gasteiger partial charge on any atom is -0.490 e.